The number of esters is 1. The first-order valence-corrected chi connectivity index (χ1v) is 6.15. The van der Waals surface area contributed by atoms with E-state index in [4.69, 9.17) is 4.74 Å². The summed E-state index contributed by atoms with van der Waals surface area (Å²) in [5.41, 5.74) is 1.37. The van der Waals surface area contributed by atoms with Crippen molar-refractivity contribution in [3.63, 3.8) is 0 Å². The molecule has 0 N–H and O–H groups in total. The Morgan fingerprint density at radius 2 is 2.18 bits per heavy atom. The topological polar surface area (TPSA) is 35.5 Å². The summed E-state index contributed by atoms with van der Waals surface area (Å²) in [6, 6.07) is 0. The Hall–Kier alpha value is -1.27. The van der Waals surface area contributed by atoms with Gasteiger partial charge in [-0.25, -0.2) is 4.79 Å². The molecule has 17 heavy (non-hydrogen) atoms. The minimum atomic E-state index is -0.515. The molecule has 0 heterocycles. The first-order chi connectivity index (χ1) is 8.33. The standard InChI is InChI=1S/C14H20O3/c1-16-14(15)10-7-11-17-12-13-8-5-3-2-4-6-9-13/h8H,2-6,9,11-12H2,1H3/b13-8+. The quantitative estimate of drug-likeness (QED) is 0.248. The smallest absolute Gasteiger partial charge is 0.384 e. The molecule has 0 bridgehead atoms. The van der Waals surface area contributed by atoms with Gasteiger partial charge in [-0.2, -0.15) is 0 Å². The molecule has 0 atom stereocenters. The second-order valence-electron chi connectivity index (χ2n) is 4.10. The molecule has 0 aromatic rings. The van der Waals surface area contributed by atoms with Gasteiger partial charge in [0.1, 0.15) is 6.61 Å². The van der Waals surface area contributed by atoms with Crippen LogP contribution in [0.5, 0.6) is 0 Å². The van der Waals surface area contributed by atoms with Gasteiger partial charge in [-0.1, -0.05) is 24.8 Å². The zero-order chi connectivity index (χ0) is 12.3. The van der Waals surface area contributed by atoms with Gasteiger partial charge in [-0.15, -0.1) is 0 Å². The van der Waals surface area contributed by atoms with Crippen LogP contribution in [-0.4, -0.2) is 26.3 Å². The Labute approximate surface area is 103 Å². The van der Waals surface area contributed by atoms with E-state index >= 15 is 0 Å². The molecule has 3 nitrogen and oxygen atoms in total. The third kappa shape index (κ3) is 6.80. The summed E-state index contributed by atoms with van der Waals surface area (Å²) in [7, 11) is 1.32. The lowest BCUT2D eigenvalue weighted by Gasteiger charge is -2.10. The van der Waals surface area contributed by atoms with Crippen molar-refractivity contribution in [1.29, 1.82) is 0 Å². The van der Waals surface area contributed by atoms with E-state index in [1.807, 2.05) is 0 Å². The molecule has 1 aliphatic carbocycles. The number of carbonyl (C=O) groups excluding carboxylic acids is 1. The number of hydrogen-bond donors (Lipinski definition) is 0. The van der Waals surface area contributed by atoms with Gasteiger partial charge in [0.05, 0.1) is 13.7 Å². The van der Waals surface area contributed by atoms with E-state index in [-0.39, 0.29) is 6.61 Å². The molecule has 0 saturated heterocycles. The van der Waals surface area contributed by atoms with Crippen LogP contribution in [0.25, 0.3) is 0 Å². The van der Waals surface area contributed by atoms with Gasteiger partial charge >= 0.3 is 5.97 Å². The average Bonchev–Trinajstić information content (AvgIpc) is 2.30. The number of rotatable bonds is 3. The highest BCUT2D eigenvalue weighted by Crippen LogP contribution is 2.16. The maximum Gasteiger partial charge on any atom is 0.384 e. The Morgan fingerprint density at radius 1 is 1.35 bits per heavy atom. The van der Waals surface area contributed by atoms with Gasteiger partial charge in [-0.3, -0.25) is 0 Å². The summed E-state index contributed by atoms with van der Waals surface area (Å²) in [6.45, 7) is 0.919. The van der Waals surface area contributed by atoms with Crippen LogP contribution in [0.15, 0.2) is 11.6 Å². The van der Waals surface area contributed by atoms with Crippen LogP contribution in [0.2, 0.25) is 0 Å². The van der Waals surface area contributed by atoms with Crippen LogP contribution in [0.1, 0.15) is 38.5 Å². The zero-order valence-electron chi connectivity index (χ0n) is 10.5. The second-order valence-corrected chi connectivity index (χ2v) is 4.10. The summed E-state index contributed by atoms with van der Waals surface area (Å²) >= 11 is 0. The highest BCUT2D eigenvalue weighted by molar-refractivity contribution is 5.88. The first-order valence-electron chi connectivity index (χ1n) is 6.15. The molecular formula is C14H20O3. The van der Waals surface area contributed by atoms with Gasteiger partial charge in [-0.05, 0) is 31.3 Å². The van der Waals surface area contributed by atoms with E-state index in [1.54, 1.807) is 0 Å². The van der Waals surface area contributed by atoms with Crippen LogP contribution < -0.4 is 0 Å². The van der Waals surface area contributed by atoms with Crippen molar-refractivity contribution in [2.24, 2.45) is 0 Å². The maximum atomic E-state index is 10.7. The largest absolute Gasteiger partial charge is 0.459 e. The fourth-order valence-corrected chi connectivity index (χ4v) is 1.78. The summed E-state index contributed by atoms with van der Waals surface area (Å²) < 4.78 is 9.81. The Bertz CT molecular complexity index is 320. The molecule has 0 spiro atoms. The highest BCUT2D eigenvalue weighted by Gasteiger charge is 2.01. The molecule has 0 saturated carbocycles. The Morgan fingerprint density at radius 3 is 3.00 bits per heavy atom. The molecule has 0 amide bonds. The molecule has 1 aliphatic rings. The van der Waals surface area contributed by atoms with Crippen LogP contribution in [0.3, 0.4) is 0 Å². The van der Waals surface area contributed by atoms with Gasteiger partial charge in [0.15, 0.2) is 0 Å². The predicted octanol–water partition coefficient (Wildman–Crippen LogP) is 2.46. The van der Waals surface area contributed by atoms with Crippen LogP contribution in [-0.2, 0) is 14.3 Å². The highest BCUT2D eigenvalue weighted by atomic mass is 16.5. The predicted molar refractivity (Wildman–Crippen MR) is 66.4 cm³/mol. The van der Waals surface area contributed by atoms with Gasteiger partial charge in [0.2, 0.25) is 0 Å². The zero-order valence-corrected chi connectivity index (χ0v) is 10.5. The minimum Gasteiger partial charge on any atom is -0.459 e. The molecule has 0 aromatic heterocycles. The summed E-state index contributed by atoms with van der Waals surface area (Å²) in [5, 5.41) is 0. The van der Waals surface area contributed by atoms with Gasteiger partial charge in [0, 0.05) is 5.92 Å². The van der Waals surface area contributed by atoms with Crippen molar-refractivity contribution < 1.29 is 14.3 Å². The number of allylic oxidation sites excluding steroid dienone is 1. The molecule has 94 valence electrons. The fourth-order valence-electron chi connectivity index (χ4n) is 1.78. The molecule has 1 rings (SSSR count). The summed E-state index contributed by atoms with van der Waals surface area (Å²) in [6.07, 6.45) is 9.77. The fraction of sp³-hybridized carbons (Fsp3) is 0.643. The van der Waals surface area contributed by atoms with Gasteiger partial charge in [0.25, 0.3) is 0 Å². The lowest BCUT2D eigenvalue weighted by molar-refractivity contribution is -0.133. The maximum absolute atomic E-state index is 10.7. The van der Waals surface area contributed by atoms with Crippen molar-refractivity contribution in [2.75, 3.05) is 20.3 Å². The van der Waals surface area contributed by atoms with E-state index in [9.17, 15) is 4.79 Å². The molecule has 0 aliphatic heterocycles. The van der Waals surface area contributed by atoms with Crippen molar-refractivity contribution in [3.05, 3.63) is 11.6 Å². The second kappa shape index (κ2) is 8.83. The van der Waals surface area contributed by atoms with Gasteiger partial charge < -0.3 is 9.47 Å². The van der Waals surface area contributed by atoms with Crippen molar-refractivity contribution in [1.82, 2.24) is 0 Å². The van der Waals surface area contributed by atoms with Crippen LogP contribution in [0, 0.1) is 11.8 Å². The molecule has 0 aromatic carbocycles. The lowest BCUT2D eigenvalue weighted by atomic mass is 10.0. The average molecular weight is 236 g/mol. The summed E-state index contributed by atoms with van der Waals surface area (Å²) in [5.74, 6) is 4.45. The minimum absolute atomic E-state index is 0.284. The number of methoxy groups -OCH3 is 1. The molecule has 0 fully saturated rings. The first kappa shape index (κ1) is 13.8. The van der Waals surface area contributed by atoms with Crippen molar-refractivity contribution in [2.45, 2.75) is 38.5 Å². The lowest BCUT2D eigenvalue weighted by Crippen LogP contribution is -2.02. The normalized spacial score (nSPS) is 19.0. The van der Waals surface area contributed by atoms with Crippen molar-refractivity contribution >= 4 is 5.97 Å². The van der Waals surface area contributed by atoms with E-state index in [2.05, 4.69) is 22.7 Å². The van der Waals surface area contributed by atoms with Crippen molar-refractivity contribution in [3.8, 4) is 11.8 Å². The van der Waals surface area contributed by atoms with Crippen LogP contribution in [0.4, 0.5) is 0 Å². The molecule has 3 heteroatoms. The number of carbonyl (C=O) groups is 1. The summed E-state index contributed by atoms with van der Waals surface area (Å²) in [4.78, 5) is 10.7. The van der Waals surface area contributed by atoms with E-state index in [0.29, 0.717) is 6.61 Å². The van der Waals surface area contributed by atoms with E-state index in [1.165, 1.54) is 38.4 Å². The van der Waals surface area contributed by atoms with E-state index in [0.717, 1.165) is 12.8 Å². The molecular weight excluding hydrogens is 216 g/mol. The van der Waals surface area contributed by atoms with E-state index < -0.39 is 5.97 Å². The third-order valence-corrected chi connectivity index (χ3v) is 2.72. The molecule has 0 radical (unpaired) electrons. The Balaban J connectivity index is 2.20. The monoisotopic (exact) mass is 236 g/mol. The number of ether oxygens (including phenoxy) is 2. The SMILES string of the molecule is COC(=O)C#CCOC/C1=C/CCCCCC1. The Kier molecular flexibility index (Phi) is 7.17. The third-order valence-electron chi connectivity index (χ3n) is 2.72. The van der Waals surface area contributed by atoms with Crippen LogP contribution >= 0.6 is 0 Å². The molecule has 0 unspecified atom stereocenters. The number of hydrogen-bond acceptors (Lipinski definition) is 3.